The topological polar surface area (TPSA) is 150 Å². The number of anilines is 1. The zero-order valence-electron chi connectivity index (χ0n) is 27.2. The van der Waals surface area contributed by atoms with Crippen LogP contribution in [-0.2, 0) is 19.4 Å². The van der Waals surface area contributed by atoms with E-state index in [4.69, 9.17) is 9.72 Å². The van der Waals surface area contributed by atoms with Gasteiger partial charge in [0, 0.05) is 30.3 Å². The van der Waals surface area contributed by atoms with Gasteiger partial charge in [-0.25, -0.2) is 29.7 Å². The van der Waals surface area contributed by atoms with Crippen molar-refractivity contribution in [2.75, 3.05) is 12.0 Å². The smallest absolute Gasteiger partial charge is 0.434 e. The molecule has 0 saturated heterocycles. The van der Waals surface area contributed by atoms with Crippen molar-refractivity contribution in [3.63, 3.8) is 0 Å². The minimum atomic E-state index is -4.59. The van der Waals surface area contributed by atoms with Crippen LogP contribution in [0.1, 0.15) is 55.6 Å². The van der Waals surface area contributed by atoms with Crippen LogP contribution in [0.3, 0.4) is 0 Å². The molecule has 50 heavy (non-hydrogen) atoms. The molecule has 0 radical (unpaired) electrons. The number of aromatic nitrogens is 9. The van der Waals surface area contributed by atoms with Crippen LogP contribution in [0.4, 0.5) is 19.1 Å². The lowest BCUT2D eigenvalue weighted by molar-refractivity contribution is -0.140. The highest BCUT2D eigenvalue weighted by Gasteiger charge is 2.35. The summed E-state index contributed by atoms with van der Waals surface area (Å²) >= 11 is 0. The second-order valence-electron chi connectivity index (χ2n) is 12.2. The monoisotopic (exact) mass is 684 g/mol. The molecule has 16 heteroatoms. The predicted octanol–water partition coefficient (Wildman–Crippen LogP) is 5.35. The number of hydrogen-bond donors (Lipinski definition) is 1. The fraction of sp³-hybridized carbons (Fsp3) is 0.294. The third kappa shape index (κ3) is 6.31. The van der Waals surface area contributed by atoms with Crippen molar-refractivity contribution in [1.29, 1.82) is 0 Å². The summed E-state index contributed by atoms with van der Waals surface area (Å²) in [5.74, 6) is 1.22. The van der Waals surface area contributed by atoms with Crippen molar-refractivity contribution in [3.8, 4) is 28.7 Å². The molecule has 6 aromatic rings. The fourth-order valence-electron chi connectivity index (χ4n) is 5.83. The first-order valence-corrected chi connectivity index (χ1v) is 15.8. The van der Waals surface area contributed by atoms with Crippen molar-refractivity contribution in [2.45, 2.75) is 58.0 Å². The zero-order chi connectivity index (χ0) is 35.2. The minimum Gasteiger partial charge on any atom is -0.480 e. The second kappa shape index (κ2) is 12.8. The average molecular weight is 685 g/mol. The van der Waals surface area contributed by atoms with E-state index in [1.54, 1.807) is 67.3 Å². The molecule has 0 atom stereocenters. The Morgan fingerprint density at radius 3 is 2.42 bits per heavy atom. The third-order valence-electron chi connectivity index (χ3n) is 8.45. The van der Waals surface area contributed by atoms with Crippen LogP contribution in [0.25, 0.3) is 33.7 Å². The molecule has 1 N–H and O–H groups in total. The molecule has 1 saturated carbocycles. The molecule has 13 nitrogen and oxygen atoms in total. The average Bonchev–Trinajstić information content (AvgIpc) is 3.85. The lowest BCUT2D eigenvalue weighted by atomic mass is 10.1. The van der Waals surface area contributed by atoms with E-state index in [-0.39, 0.29) is 42.8 Å². The first-order chi connectivity index (χ1) is 24.0. The van der Waals surface area contributed by atoms with E-state index >= 15 is 0 Å². The lowest BCUT2D eigenvalue weighted by Crippen LogP contribution is -2.37. The van der Waals surface area contributed by atoms with Gasteiger partial charge in [0.05, 0.1) is 23.7 Å². The van der Waals surface area contributed by atoms with Gasteiger partial charge in [-0.3, -0.25) is 14.3 Å². The Bertz CT molecular complexity index is 2310. The highest BCUT2D eigenvalue weighted by molar-refractivity contribution is 5.77. The Morgan fingerprint density at radius 2 is 1.72 bits per heavy atom. The van der Waals surface area contributed by atoms with E-state index < -0.39 is 23.1 Å². The molecule has 256 valence electrons. The van der Waals surface area contributed by atoms with E-state index in [1.165, 1.54) is 28.9 Å². The number of halogens is 3. The predicted molar refractivity (Wildman–Crippen MR) is 177 cm³/mol. The minimum absolute atomic E-state index is 0.0774. The van der Waals surface area contributed by atoms with Crippen LogP contribution in [0.15, 0.2) is 77.0 Å². The number of para-hydroxylation sites is 1. The molecule has 0 aliphatic heterocycles. The largest absolute Gasteiger partial charge is 0.480 e. The van der Waals surface area contributed by atoms with E-state index in [2.05, 4.69) is 29.9 Å². The highest BCUT2D eigenvalue weighted by atomic mass is 19.4. The van der Waals surface area contributed by atoms with Crippen LogP contribution < -0.4 is 20.9 Å². The van der Waals surface area contributed by atoms with Gasteiger partial charge in [0.15, 0.2) is 11.5 Å². The summed E-state index contributed by atoms with van der Waals surface area (Å²) in [6, 6.07) is 13.4. The number of H-pyrrole nitrogens is 1. The van der Waals surface area contributed by atoms with Crippen molar-refractivity contribution >= 4 is 16.9 Å². The van der Waals surface area contributed by atoms with Crippen molar-refractivity contribution in [2.24, 2.45) is 0 Å². The molecule has 0 unspecified atom stereocenters. The molecule has 1 aliphatic rings. The first kappa shape index (κ1) is 32.6. The Morgan fingerprint density at radius 1 is 0.980 bits per heavy atom. The van der Waals surface area contributed by atoms with E-state index in [9.17, 15) is 22.8 Å². The molecular weight excluding hydrogens is 653 g/mol. The van der Waals surface area contributed by atoms with Gasteiger partial charge in [-0.2, -0.15) is 18.2 Å². The van der Waals surface area contributed by atoms with Crippen LogP contribution in [0, 0.1) is 0 Å². The van der Waals surface area contributed by atoms with Crippen molar-refractivity contribution < 1.29 is 17.9 Å². The summed E-state index contributed by atoms with van der Waals surface area (Å²) in [7, 11) is 1.51. The fourth-order valence-corrected chi connectivity index (χ4v) is 5.83. The molecule has 0 spiro atoms. The number of hydrogen-bond acceptors (Lipinski definition) is 10. The van der Waals surface area contributed by atoms with Gasteiger partial charge in [-0.15, -0.1) is 0 Å². The van der Waals surface area contributed by atoms with Crippen molar-refractivity contribution in [1.82, 2.24) is 44.0 Å². The Labute approximate surface area is 282 Å². The normalized spacial score (nSPS) is 13.3. The van der Waals surface area contributed by atoms with Gasteiger partial charge in [0.2, 0.25) is 11.8 Å². The molecule has 7 rings (SSSR count). The van der Waals surface area contributed by atoms with Gasteiger partial charge in [-0.1, -0.05) is 36.4 Å². The van der Waals surface area contributed by atoms with Gasteiger partial charge in [0.1, 0.15) is 30.7 Å². The number of nitrogens with zero attached hydrogens (tertiary/aromatic N) is 9. The quantitative estimate of drug-likeness (QED) is 0.200. The standard InChI is InChI=1S/C34H31F3N10O3/c1-19(2)46-15-25(34(35,36)37)42-29(46)22-10-8-20(9-11-22)14-45(18-47-24-7-5-4-6-23(24)30(48)44-33(47)49)32-41-17-39-28(43-32)26-27(21-12-13-21)38-16-40-31(26)50-3/h4-11,15-17,19,21H,12-14,18H2,1-3H3,(H,44,48,49). The SMILES string of the molecule is COc1ncnc(C2CC2)c1-c1ncnc(N(Cc2ccc(-c3nc(C(F)(F)F)cn3C(C)C)cc2)Cn2c(=O)[nH]c(=O)c3ccccc32)n1. The van der Waals surface area contributed by atoms with Gasteiger partial charge in [0.25, 0.3) is 5.56 Å². The maximum Gasteiger partial charge on any atom is 0.434 e. The summed E-state index contributed by atoms with van der Waals surface area (Å²) < 4.78 is 49.1. The van der Waals surface area contributed by atoms with Gasteiger partial charge < -0.3 is 14.2 Å². The summed E-state index contributed by atoms with van der Waals surface area (Å²) in [4.78, 5) is 56.4. The van der Waals surface area contributed by atoms with Gasteiger partial charge in [-0.05, 0) is 44.4 Å². The Balaban J connectivity index is 1.30. The number of nitrogens with one attached hydrogen (secondary N) is 1. The Hall–Kier alpha value is -5.93. The lowest BCUT2D eigenvalue weighted by Gasteiger charge is -2.25. The molecule has 4 heterocycles. The van der Waals surface area contributed by atoms with Crippen LogP contribution >= 0.6 is 0 Å². The number of aromatic amines is 1. The number of ether oxygens (including phenoxy) is 1. The second-order valence-corrected chi connectivity index (χ2v) is 12.2. The number of rotatable bonds is 10. The molecule has 0 amide bonds. The molecule has 0 bridgehead atoms. The molecule has 1 aliphatic carbocycles. The van der Waals surface area contributed by atoms with Crippen LogP contribution in [-0.4, -0.2) is 51.1 Å². The third-order valence-corrected chi connectivity index (χ3v) is 8.45. The zero-order valence-corrected chi connectivity index (χ0v) is 27.2. The molecular formula is C34H31F3N10O3. The highest BCUT2D eigenvalue weighted by Crippen LogP contribution is 2.45. The molecule has 4 aromatic heterocycles. The number of alkyl halides is 3. The number of benzene rings is 2. The number of fused-ring (bicyclic) bond motifs is 1. The Kier molecular flexibility index (Phi) is 8.37. The molecule has 1 fully saturated rings. The summed E-state index contributed by atoms with van der Waals surface area (Å²) in [5, 5.41) is 0.326. The first-order valence-electron chi connectivity index (χ1n) is 15.8. The summed E-state index contributed by atoms with van der Waals surface area (Å²) in [5.41, 5.74) is 0.858. The number of imidazole rings is 1. The maximum absolute atomic E-state index is 13.5. The van der Waals surface area contributed by atoms with E-state index in [0.717, 1.165) is 30.3 Å². The molecule has 2 aromatic carbocycles. The summed E-state index contributed by atoms with van der Waals surface area (Å²) in [6.07, 6.45) is 1.16. The summed E-state index contributed by atoms with van der Waals surface area (Å²) in [6.45, 7) is 3.65. The van der Waals surface area contributed by atoms with E-state index in [0.29, 0.717) is 27.9 Å². The van der Waals surface area contributed by atoms with E-state index in [1.807, 2.05) is 0 Å². The van der Waals surface area contributed by atoms with Crippen LogP contribution in [0.2, 0.25) is 0 Å². The number of methoxy groups -OCH3 is 1. The maximum atomic E-state index is 13.5. The van der Waals surface area contributed by atoms with Gasteiger partial charge >= 0.3 is 11.9 Å². The van der Waals surface area contributed by atoms with Crippen LogP contribution in [0.5, 0.6) is 5.88 Å². The van der Waals surface area contributed by atoms with Crippen molar-refractivity contribution in [3.05, 3.63) is 105 Å².